The van der Waals surface area contributed by atoms with Gasteiger partial charge in [0.25, 0.3) is 6.43 Å². The molecule has 3 aromatic carbocycles. The Morgan fingerprint density at radius 3 is 2.60 bits per heavy atom. The zero-order valence-corrected chi connectivity index (χ0v) is 23.1. The van der Waals surface area contributed by atoms with Gasteiger partial charge in [-0.25, -0.2) is 22.2 Å². The lowest BCUT2D eigenvalue weighted by atomic mass is 9.94. The molecule has 0 amide bonds. The highest BCUT2D eigenvalue weighted by atomic mass is 19.3. The molecule has 2 heterocycles. The fourth-order valence-corrected chi connectivity index (χ4v) is 5.30. The standard InChI is InChI=1S/C32H27F4N3O4/c1-17-6-23(43-27-5-3-2-4-25(27)33)12-26(34)30(17)39-32(37)24(13-38-39)31(40)22-9-19-8-21(7-18-14-41-15-18)28(11-20(19)10-22)42-16-29(35)36/h2-6,8,10-13,18,29H,7,9,14-16,37H2,1H3. The number of alkyl halides is 2. The number of nitrogens with zero attached hydrogens (tertiary/aromatic N) is 2. The number of fused-ring (bicyclic) bond motifs is 1. The average molecular weight is 594 g/mol. The molecular weight excluding hydrogens is 566 g/mol. The van der Waals surface area contributed by atoms with Gasteiger partial charge in [-0.3, -0.25) is 4.79 Å². The Morgan fingerprint density at radius 2 is 1.91 bits per heavy atom. The van der Waals surface area contributed by atoms with E-state index in [1.807, 2.05) is 6.07 Å². The summed E-state index contributed by atoms with van der Waals surface area (Å²) >= 11 is 0. The van der Waals surface area contributed by atoms with E-state index >= 15 is 4.39 Å². The first kappa shape index (κ1) is 28.5. The molecule has 4 aromatic rings. The molecule has 7 nitrogen and oxygen atoms in total. The summed E-state index contributed by atoms with van der Waals surface area (Å²) in [5.41, 5.74) is 9.60. The Balaban J connectivity index is 1.24. The minimum Gasteiger partial charge on any atom is -0.487 e. The number of hydrogen-bond donors (Lipinski definition) is 1. The Hall–Kier alpha value is -4.64. The van der Waals surface area contributed by atoms with Gasteiger partial charge in [0.1, 0.15) is 29.6 Å². The van der Waals surface area contributed by atoms with Crippen LogP contribution in [0.3, 0.4) is 0 Å². The number of hydrogen-bond acceptors (Lipinski definition) is 6. The molecular formula is C32H27F4N3O4. The van der Waals surface area contributed by atoms with E-state index < -0.39 is 24.7 Å². The largest absolute Gasteiger partial charge is 0.487 e. The number of ether oxygens (including phenoxy) is 3. The predicted octanol–water partition coefficient (Wildman–Crippen LogP) is 6.49. The summed E-state index contributed by atoms with van der Waals surface area (Å²) < 4.78 is 72.4. The van der Waals surface area contributed by atoms with E-state index in [0.29, 0.717) is 48.5 Å². The highest BCUT2D eigenvalue weighted by Gasteiger charge is 2.28. The van der Waals surface area contributed by atoms with Crippen LogP contribution < -0.4 is 15.2 Å². The number of carbonyl (C=O) groups is 1. The zero-order valence-electron chi connectivity index (χ0n) is 23.1. The van der Waals surface area contributed by atoms with Gasteiger partial charge in [0.05, 0.1) is 25.0 Å². The minimum atomic E-state index is -2.62. The third-order valence-corrected chi connectivity index (χ3v) is 7.46. The van der Waals surface area contributed by atoms with E-state index in [1.165, 1.54) is 30.5 Å². The van der Waals surface area contributed by atoms with E-state index in [9.17, 15) is 18.0 Å². The number of halogens is 4. The quantitative estimate of drug-likeness (QED) is 0.167. The number of para-hydroxylation sites is 1. The summed E-state index contributed by atoms with van der Waals surface area (Å²) in [5, 5.41) is 4.19. The molecule has 0 spiro atoms. The van der Waals surface area contributed by atoms with E-state index in [1.54, 1.807) is 25.1 Å². The monoisotopic (exact) mass is 593 g/mol. The molecule has 1 fully saturated rings. The minimum absolute atomic E-state index is 0.0200. The highest BCUT2D eigenvalue weighted by molar-refractivity contribution is 6.15. The van der Waals surface area contributed by atoms with Crippen molar-refractivity contribution in [2.24, 2.45) is 5.92 Å². The van der Waals surface area contributed by atoms with Crippen LogP contribution in [0.5, 0.6) is 17.2 Å². The lowest BCUT2D eigenvalue weighted by molar-refractivity contribution is -0.0315. The summed E-state index contributed by atoms with van der Waals surface area (Å²) in [6.07, 6.45) is 1.26. The zero-order chi connectivity index (χ0) is 30.2. The number of nitrogen functional groups attached to an aromatic ring is 1. The van der Waals surface area contributed by atoms with Crippen molar-refractivity contribution in [3.8, 4) is 22.9 Å². The van der Waals surface area contributed by atoms with E-state index in [2.05, 4.69) is 5.10 Å². The van der Waals surface area contributed by atoms with Crippen LogP contribution in [0.15, 0.2) is 60.3 Å². The second kappa shape index (κ2) is 11.6. The molecule has 6 rings (SSSR count). The maximum atomic E-state index is 15.3. The first-order valence-corrected chi connectivity index (χ1v) is 13.6. The second-order valence-electron chi connectivity index (χ2n) is 10.6. The van der Waals surface area contributed by atoms with Crippen molar-refractivity contribution < 1.29 is 36.6 Å². The lowest BCUT2D eigenvalue weighted by Crippen LogP contribution is -2.29. The number of anilines is 1. The fourth-order valence-electron chi connectivity index (χ4n) is 5.30. The summed E-state index contributed by atoms with van der Waals surface area (Å²) in [6, 6.07) is 12.0. The van der Waals surface area contributed by atoms with Gasteiger partial charge in [-0.15, -0.1) is 0 Å². The summed E-state index contributed by atoms with van der Waals surface area (Å²) in [4.78, 5) is 13.6. The van der Waals surface area contributed by atoms with Crippen LogP contribution in [0.2, 0.25) is 0 Å². The number of rotatable bonds is 10. The number of ketones is 1. The molecule has 2 N–H and O–H groups in total. The Morgan fingerprint density at radius 1 is 1.12 bits per heavy atom. The molecule has 1 aliphatic heterocycles. The maximum Gasteiger partial charge on any atom is 0.272 e. The van der Waals surface area contributed by atoms with Crippen LogP contribution in [0.25, 0.3) is 11.8 Å². The SMILES string of the molecule is Cc1cc(Oc2ccccc2F)cc(F)c1-n1ncc(C(=O)C2=Cc3cc(OCC(F)F)c(CC4COC4)cc3C2)c1N. The molecule has 0 bridgehead atoms. The predicted molar refractivity (Wildman–Crippen MR) is 151 cm³/mol. The molecule has 0 atom stereocenters. The van der Waals surface area contributed by atoms with Crippen LogP contribution >= 0.6 is 0 Å². The van der Waals surface area contributed by atoms with Crippen LogP contribution in [0, 0.1) is 24.5 Å². The first-order chi connectivity index (χ1) is 20.7. The number of nitrogens with two attached hydrogens (primary N) is 1. The summed E-state index contributed by atoms with van der Waals surface area (Å²) in [5.74, 6) is -1.10. The number of aromatic nitrogens is 2. The molecule has 11 heteroatoms. The molecule has 43 heavy (non-hydrogen) atoms. The lowest BCUT2D eigenvalue weighted by Gasteiger charge is -2.27. The molecule has 1 saturated heterocycles. The molecule has 0 radical (unpaired) electrons. The maximum absolute atomic E-state index is 15.3. The van der Waals surface area contributed by atoms with Gasteiger partial charge in [0.2, 0.25) is 0 Å². The number of Topliss-reactive ketones (excluding diaryl/α,β-unsaturated/α-hetero) is 1. The van der Waals surface area contributed by atoms with Gasteiger partial charge in [0.15, 0.2) is 23.2 Å². The third kappa shape index (κ3) is 5.72. The van der Waals surface area contributed by atoms with Crippen molar-refractivity contribution in [3.63, 3.8) is 0 Å². The van der Waals surface area contributed by atoms with Gasteiger partial charge in [0, 0.05) is 24.0 Å². The molecule has 0 saturated carbocycles. The van der Waals surface area contributed by atoms with Gasteiger partial charge < -0.3 is 19.9 Å². The Kier molecular flexibility index (Phi) is 7.66. The molecule has 2 aliphatic rings. The smallest absolute Gasteiger partial charge is 0.272 e. The average Bonchev–Trinajstić information content (AvgIpc) is 3.53. The molecule has 1 aromatic heterocycles. The van der Waals surface area contributed by atoms with Crippen LogP contribution in [0.1, 0.15) is 32.6 Å². The normalized spacial score (nSPS) is 14.4. The fraction of sp³-hybridized carbons (Fsp3) is 0.250. The third-order valence-electron chi connectivity index (χ3n) is 7.46. The Bertz CT molecular complexity index is 1720. The van der Waals surface area contributed by atoms with Crippen molar-refractivity contribution in [2.75, 3.05) is 25.6 Å². The van der Waals surface area contributed by atoms with Crippen molar-refractivity contribution in [3.05, 3.63) is 99.8 Å². The number of carbonyl (C=O) groups excluding carboxylic acids is 1. The number of benzene rings is 3. The first-order valence-electron chi connectivity index (χ1n) is 13.6. The molecule has 222 valence electrons. The number of aryl methyl sites for hydroxylation is 1. The van der Waals surface area contributed by atoms with Crippen molar-refractivity contribution in [2.45, 2.75) is 26.2 Å². The van der Waals surface area contributed by atoms with Crippen molar-refractivity contribution >= 4 is 17.7 Å². The van der Waals surface area contributed by atoms with Crippen LogP contribution in [0.4, 0.5) is 23.4 Å². The van der Waals surface area contributed by atoms with E-state index in [4.69, 9.17) is 19.9 Å². The van der Waals surface area contributed by atoms with E-state index in [0.717, 1.165) is 21.9 Å². The number of allylic oxidation sites excluding steroid dienone is 1. The van der Waals surface area contributed by atoms with Crippen LogP contribution in [-0.2, 0) is 17.6 Å². The summed E-state index contributed by atoms with van der Waals surface area (Å²) in [7, 11) is 0. The molecule has 1 aliphatic carbocycles. The van der Waals surface area contributed by atoms with Crippen molar-refractivity contribution in [1.82, 2.24) is 9.78 Å². The Labute approximate surface area is 244 Å². The second-order valence-corrected chi connectivity index (χ2v) is 10.6. The van der Waals surface area contributed by atoms with E-state index in [-0.39, 0.29) is 40.3 Å². The topological polar surface area (TPSA) is 88.6 Å². The van der Waals surface area contributed by atoms with Crippen molar-refractivity contribution in [1.29, 1.82) is 0 Å². The van der Waals surface area contributed by atoms with Gasteiger partial charge in [-0.1, -0.05) is 18.2 Å². The summed E-state index contributed by atoms with van der Waals surface area (Å²) in [6.45, 7) is 2.08. The van der Waals surface area contributed by atoms with Gasteiger partial charge >= 0.3 is 0 Å². The van der Waals surface area contributed by atoms with Gasteiger partial charge in [-0.05, 0) is 65.9 Å². The van der Waals surface area contributed by atoms with Gasteiger partial charge in [-0.2, -0.15) is 5.10 Å². The highest BCUT2D eigenvalue weighted by Crippen LogP contribution is 2.36. The molecule has 0 unspecified atom stereocenters. The van der Waals surface area contributed by atoms with Crippen LogP contribution in [-0.4, -0.2) is 41.8 Å².